The molecule has 0 aliphatic carbocycles. The molecule has 4 heteroatoms. The molecule has 0 bridgehead atoms. The Labute approximate surface area is 113 Å². The van der Waals surface area contributed by atoms with E-state index in [1.54, 1.807) is 6.07 Å². The predicted molar refractivity (Wildman–Crippen MR) is 72.1 cm³/mol. The van der Waals surface area contributed by atoms with Crippen molar-refractivity contribution in [2.75, 3.05) is 19.7 Å². The summed E-state index contributed by atoms with van der Waals surface area (Å²) in [5.41, 5.74) is 1.04. The lowest BCUT2D eigenvalue weighted by Crippen LogP contribution is -2.32. The number of hydrogen-bond acceptors (Lipinski definition) is 2. The van der Waals surface area contributed by atoms with Crippen LogP contribution in [0.2, 0.25) is 5.02 Å². The van der Waals surface area contributed by atoms with Crippen molar-refractivity contribution in [3.05, 3.63) is 28.8 Å². The largest absolute Gasteiger partial charge is 0.484 e. The molecular formula is C14H18ClNO2. The lowest BCUT2D eigenvalue weighted by Gasteiger charge is -2.15. The Morgan fingerprint density at radius 2 is 2.11 bits per heavy atom. The lowest BCUT2D eigenvalue weighted by atomic mass is 10.1. The number of nitrogens with zero attached hydrogens (tertiary/aromatic N) is 1. The van der Waals surface area contributed by atoms with Crippen LogP contribution in [0.15, 0.2) is 18.2 Å². The van der Waals surface area contributed by atoms with E-state index in [9.17, 15) is 4.79 Å². The smallest absolute Gasteiger partial charge is 0.260 e. The van der Waals surface area contributed by atoms with Gasteiger partial charge in [-0.15, -0.1) is 0 Å². The molecule has 0 spiro atoms. The first-order valence-corrected chi connectivity index (χ1v) is 6.77. The molecule has 1 saturated heterocycles. The zero-order chi connectivity index (χ0) is 13.0. The number of carbonyl (C=O) groups excluding carboxylic acids is 1. The molecule has 0 N–H and O–H groups in total. The minimum absolute atomic E-state index is 0.0699. The van der Waals surface area contributed by atoms with Crippen molar-refractivity contribution >= 4 is 17.5 Å². The number of benzene rings is 1. The van der Waals surface area contributed by atoms with Crippen molar-refractivity contribution in [3.63, 3.8) is 0 Å². The number of ether oxygens (including phenoxy) is 1. The van der Waals surface area contributed by atoms with Crippen LogP contribution in [0.25, 0.3) is 0 Å². The number of aryl methyl sites for hydroxylation is 1. The van der Waals surface area contributed by atoms with E-state index in [1.165, 1.54) is 0 Å². The molecule has 0 radical (unpaired) electrons. The van der Waals surface area contributed by atoms with E-state index in [-0.39, 0.29) is 12.5 Å². The molecule has 1 fully saturated rings. The average Bonchev–Trinajstić information content (AvgIpc) is 2.91. The Bertz CT molecular complexity index is 428. The van der Waals surface area contributed by atoms with Crippen LogP contribution in [0.5, 0.6) is 5.75 Å². The van der Waals surface area contributed by atoms with Crippen LogP contribution in [0.3, 0.4) is 0 Å². The summed E-state index contributed by atoms with van der Waals surface area (Å²) >= 11 is 6.03. The Hall–Kier alpha value is -1.22. The topological polar surface area (TPSA) is 29.5 Å². The number of hydrogen-bond donors (Lipinski definition) is 0. The fraction of sp³-hybridized carbons (Fsp3) is 0.500. The van der Waals surface area contributed by atoms with Gasteiger partial charge in [0.2, 0.25) is 0 Å². The normalized spacial score (nSPS) is 14.9. The molecule has 0 aromatic heterocycles. The van der Waals surface area contributed by atoms with E-state index >= 15 is 0 Å². The summed E-state index contributed by atoms with van der Waals surface area (Å²) < 4.78 is 5.53. The summed E-state index contributed by atoms with van der Waals surface area (Å²) in [5, 5.41) is 0.746. The van der Waals surface area contributed by atoms with Gasteiger partial charge in [0, 0.05) is 18.1 Å². The van der Waals surface area contributed by atoms with Gasteiger partial charge in [0.15, 0.2) is 6.61 Å². The van der Waals surface area contributed by atoms with Gasteiger partial charge in [-0.2, -0.15) is 0 Å². The Morgan fingerprint density at radius 3 is 2.78 bits per heavy atom. The van der Waals surface area contributed by atoms with Crippen molar-refractivity contribution in [3.8, 4) is 5.75 Å². The van der Waals surface area contributed by atoms with E-state index in [1.807, 2.05) is 24.0 Å². The predicted octanol–water partition coefficient (Wildman–Crippen LogP) is 2.90. The summed E-state index contributed by atoms with van der Waals surface area (Å²) in [5.74, 6) is 0.782. The second kappa shape index (κ2) is 6.10. The Kier molecular flexibility index (Phi) is 4.48. The van der Waals surface area contributed by atoms with Gasteiger partial charge >= 0.3 is 0 Å². The quantitative estimate of drug-likeness (QED) is 0.840. The summed E-state index contributed by atoms with van der Waals surface area (Å²) in [6.07, 6.45) is 3.06. The van der Waals surface area contributed by atoms with E-state index in [2.05, 4.69) is 0 Å². The molecule has 1 amide bonds. The van der Waals surface area contributed by atoms with Gasteiger partial charge in [0.05, 0.1) is 0 Å². The minimum atomic E-state index is 0.0699. The highest BCUT2D eigenvalue weighted by Gasteiger charge is 2.18. The van der Waals surface area contributed by atoms with E-state index in [4.69, 9.17) is 16.3 Å². The summed E-state index contributed by atoms with van der Waals surface area (Å²) in [7, 11) is 0. The first-order chi connectivity index (χ1) is 8.70. The molecule has 2 rings (SSSR count). The monoisotopic (exact) mass is 267 g/mol. The first-order valence-electron chi connectivity index (χ1n) is 6.39. The van der Waals surface area contributed by atoms with Crippen molar-refractivity contribution < 1.29 is 9.53 Å². The van der Waals surface area contributed by atoms with Crippen molar-refractivity contribution in [1.29, 1.82) is 0 Å². The van der Waals surface area contributed by atoms with E-state index in [0.717, 1.165) is 42.9 Å². The second-order valence-electron chi connectivity index (χ2n) is 4.48. The Morgan fingerprint density at radius 1 is 1.39 bits per heavy atom. The van der Waals surface area contributed by atoms with Crippen LogP contribution in [-0.4, -0.2) is 30.5 Å². The summed E-state index contributed by atoms with van der Waals surface area (Å²) in [6.45, 7) is 3.89. The number of likely N-dealkylation sites (tertiary alicyclic amines) is 1. The van der Waals surface area contributed by atoms with Crippen molar-refractivity contribution in [2.24, 2.45) is 0 Å². The highest BCUT2D eigenvalue weighted by molar-refractivity contribution is 6.31. The number of halogens is 1. The summed E-state index contributed by atoms with van der Waals surface area (Å²) in [4.78, 5) is 13.7. The first kappa shape index (κ1) is 13.2. The molecule has 1 aliphatic heterocycles. The molecule has 1 aromatic rings. The molecule has 1 aliphatic rings. The Balaban J connectivity index is 1.91. The maximum atomic E-state index is 11.8. The van der Waals surface area contributed by atoms with Crippen LogP contribution >= 0.6 is 11.6 Å². The van der Waals surface area contributed by atoms with Gasteiger partial charge in [-0.25, -0.2) is 0 Å². The van der Waals surface area contributed by atoms with Gasteiger partial charge in [-0.05, 0) is 43.0 Å². The maximum Gasteiger partial charge on any atom is 0.260 e. The zero-order valence-corrected chi connectivity index (χ0v) is 11.4. The van der Waals surface area contributed by atoms with Gasteiger partial charge in [0.25, 0.3) is 5.91 Å². The maximum absolute atomic E-state index is 11.8. The molecule has 1 heterocycles. The molecule has 0 atom stereocenters. The fourth-order valence-electron chi connectivity index (χ4n) is 2.11. The average molecular weight is 268 g/mol. The van der Waals surface area contributed by atoms with E-state index < -0.39 is 0 Å². The highest BCUT2D eigenvalue weighted by Crippen LogP contribution is 2.22. The third-order valence-corrected chi connectivity index (χ3v) is 3.59. The zero-order valence-electron chi connectivity index (χ0n) is 10.6. The molecule has 98 valence electrons. The van der Waals surface area contributed by atoms with Crippen LogP contribution in [0, 0.1) is 0 Å². The molecule has 18 heavy (non-hydrogen) atoms. The second-order valence-corrected chi connectivity index (χ2v) is 4.89. The third kappa shape index (κ3) is 3.16. The van der Waals surface area contributed by atoms with Crippen LogP contribution in [0.4, 0.5) is 0 Å². The lowest BCUT2D eigenvalue weighted by molar-refractivity contribution is -0.132. The van der Waals surface area contributed by atoms with Crippen LogP contribution in [-0.2, 0) is 11.2 Å². The van der Waals surface area contributed by atoms with Crippen LogP contribution in [0.1, 0.15) is 25.3 Å². The third-order valence-electron chi connectivity index (χ3n) is 3.22. The minimum Gasteiger partial charge on any atom is -0.484 e. The van der Waals surface area contributed by atoms with Gasteiger partial charge < -0.3 is 9.64 Å². The van der Waals surface area contributed by atoms with Crippen LogP contribution < -0.4 is 4.74 Å². The number of amides is 1. The molecule has 0 unspecified atom stereocenters. The molecular weight excluding hydrogens is 250 g/mol. The molecule has 0 saturated carbocycles. The molecule has 1 aromatic carbocycles. The van der Waals surface area contributed by atoms with Gasteiger partial charge in [-0.3, -0.25) is 4.79 Å². The van der Waals surface area contributed by atoms with Crippen molar-refractivity contribution in [2.45, 2.75) is 26.2 Å². The number of rotatable bonds is 4. The van der Waals surface area contributed by atoms with E-state index in [0.29, 0.717) is 5.75 Å². The van der Waals surface area contributed by atoms with Gasteiger partial charge in [-0.1, -0.05) is 18.5 Å². The van der Waals surface area contributed by atoms with Gasteiger partial charge in [0.1, 0.15) is 5.75 Å². The molecule has 3 nitrogen and oxygen atoms in total. The fourth-order valence-corrected chi connectivity index (χ4v) is 2.37. The SMILES string of the molecule is CCc1cc(OCC(=O)N2CCCC2)ccc1Cl. The summed E-state index contributed by atoms with van der Waals surface area (Å²) in [6, 6.07) is 5.52. The number of carbonyl (C=O) groups is 1. The highest BCUT2D eigenvalue weighted by atomic mass is 35.5. The standard InChI is InChI=1S/C14H18ClNO2/c1-2-11-9-12(5-6-13(11)15)18-10-14(17)16-7-3-4-8-16/h5-6,9H,2-4,7-8,10H2,1H3. The van der Waals surface area contributed by atoms with Crippen molar-refractivity contribution in [1.82, 2.24) is 4.90 Å².